The van der Waals surface area contributed by atoms with Gasteiger partial charge >= 0.3 is 0 Å². The van der Waals surface area contributed by atoms with E-state index in [1.165, 1.54) is 22.2 Å². The predicted molar refractivity (Wildman–Crippen MR) is 125 cm³/mol. The SMILES string of the molecule is CC[C@@H](C)NC(=O)CSc1nc2sc3c(c2c(=O)n1-c1ccccc1)CC[C@H](C)C3. The summed E-state index contributed by atoms with van der Waals surface area (Å²) in [7, 11) is 0. The van der Waals surface area contributed by atoms with Crippen LogP contribution in [-0.2, 0) is 17.6 Å². The summed E-state index contributed by atoms with van der Waals surface area (Å²) in [5.74, 6) is 0.833. The molecule has 4 rings (SSSR count). The zero-order valence-corrected chi connectivity index (χ0v) is 19.2. The maximum atomic E-state index is 13.6. The molecule has 0 radical (unpaired) electrons. The van der Waals surface area contributed by atoms with E-state index in [-0.39, 0.29) is 23.3 Å². The third kappa shape index (κ3) is 4.18. The maximum absolute atomic E-state index is 13.6. The average Bonchev–Trinajstić information content (AvgIpc) is 3.10. The Hall–Kier alpha value is -2.12. The van der Waals surface area contributed by atoms with Crippen LogP contribution >= 0.6 is 23.1 Å². The van der Waals surface area contributed by atoms with Crippen LogP contribution in [0.3, 0.4) is 0 Å². The number of benzene rings is 1. The second-order valence-corrected chi connectivity index (χ2v) is 10.1. The number of nitrogens with zero attached hydrogens (tertiary/aromatic N) is 2. The molecule has 30 heavy (non-hydrogen) atoms. The van der Waals surface area contributed by atoms with Gasteiger partial charge < -0.3 is 5.32 Å². The number of aromatic nitrogens is 2. The van der Waals surface area contributed by atoms with Crippen molar-refractivity contribution < 1.29 is 4.79 Å². The van der Waals surface area contributed by atoms with Crippen LogP contribution in [-0.4, -0.2) is 27.3 Å². The molecule has 7 heteroatoms. The van der Waals surface area contributed by atoms with Crippen molar-refractivity contribution in [1.82, 2.24) is 14.9 Å². The third-order valence-electron chi connectivity index (χ3n) is 5.67. The van der Waals surface area contributed by atoms with E-state index in [4.69, 9.17) is 4.98 Å². The van der Waals surface area contributed by atoms with Crippen LogP contribution in [0.2, 0.25) is 0 Å². The zero-order chi connectivity index (χ0) is 21.3. The summed E-state index contributed by atoms with van der Waals surface area (Å²) in [5.41, 5.74) is 1.94. The van der Waals surface area contributed by atoms with Gasteiger partial charge in [0.25, 0.3) is 5.56 Å². The van der Waals surface area contributed by atoms with Crippen molar-refractivity contribution in [1.29, 1.82) is 0 Å². The molecule has 2 atom stereocenters. The molecule has 5 nitrogen and oxygen atoms in total. The number of carbonyl (C=O) groups is 1. The van der Waals surface area contributed by atoms with E-state index in [1.807, 2.05) is 44.2 Å². The van der Waals surface area contributed by atoms with Gasteiger partial charge in [-0.25, -0.2) is 4.98 Å². The highest BCUT2D eigenvalue weighted by atomic mass is 32.2. The third-order valence-corrected chi connectivity index (χ3v) is 7.75. The number of thiophene rings is 1. The Bertz CT molecular complexity index is 1120. The van der Waals surface area contributed by atoms with Crippen LogP contribution in [0.1, 0.15) is 44.1 Å². The number of thioether (sulfide) groups is 1. The monoisotopic (exact) mass is 441 g/mol. The van der Waals surface area contributed by atoms with E-state index in [2.05, 4.69) is 12.2 Å². The van der Waals surface area contributed by atoms with E-state index < -0.39 is 0 Å². The van der Waals surface area contributed by atoms with Crippen LogP contribution in [0, 0.1) is 5.92 Å². The van der Waals surface area contributed by atoms with Crippen molar-refractivity contribution in [3.05, 3.63) is 51.1 Å². The molecule has 3 aromatic rings. The topological polar surface area (TPSA) is 64.0 Å². The number of aryl methyl sites for hydroxylation is 1. The van der Waals surface area contributed by atoms with Crippen molar-refractivity contribution in [3.8, 4) is 5.69 Å². The summed E-state index contributed by atoms with van der Waals surface area (Å²) in [6.45, 7) is 6.30. The van der Waals surface area contributed by atoms with Crippen LogP contribution in [0.5, 0.6) is 0 Å². The molecule has 2 aromatic heterocycles. The molecule has 1 N–H and O–H groups in total. The van der Waals surface area contributed by atoms with Gasteiger partial charge in [0.15, 0.2) is 5.16 Å². The molecule has 1 aromatic carbocycles. The van der Waals surface area contributed by atoms with E-state index in [9.17, 15) is 9.59 Å². The maximum Gasteiger partial charge on any atom is 0.267 e. The largest absolute Gasteiger partial charge is 0.353 e. The Labute approximate surface area is 184 Å². The highest BCUT2D eigenvalue weighted by Gasteiger charge is 2.25. The lowest BCUT2D eigenvalue weighted by Gasteiger charge is -2.18. The smallest absolute Gasteiger partial charge is 0.267 e. The fourth-order valence-corrected chi connectivity index (χ4v) is 6.07. The van der Waals surface area contributed by atoms with Gasteiger partial charge in [0.2, 0.25) is 5.91 Å². The summed E-state index contributed by atoms with van der Waals surface area (Å²) in [6.07, 6.45) is 3.94. The molecular formula is C23H27N3O2S2. The number of nitrogens with one attached hydrogen (secondary N) is 1. The first kappa shape index (κ1) is 21.1. The quantitative estimate of drug-likeness (QED) is 0.449. The molecule has 0 unspecified atom stereocenters. The van der Waals surface area contributed by atoms with E-state index >= 15 is 0 Å². The van der Waals surface area contributed by atoms with Crippen molar-refractivity contribution >= 4 is 39.2 Å². The molecule has 2 heterocycles. The Morgan fingerprint density at radius 1 is 1.37 bits per heavy atom. The molecule has 0 aliphatic heterocycles. The number of para-hydroxylation sites is 1. The molecule has 0 saturated heterocycles. The number of hydrogen-bond donors (Lipinski definition) is 1. The van der Waals surface area contributed by atoms with Gasteiger partial charge in [0.05, 0.1) is 16.8 Å². The number of amides is 1. The predicted octanol–water partition coefficient (Wildman–Crippen LogP) is 4.58. The van der Waals surface area contributed by atoms with Gasteiger partial charge in [-0.1, -0.05) is 43.8 Å². The minimum absolute atomic E-state index is 0.0249. The summed E-state index contributed by atoms with van der Waals surface area (Å²) >= 11 is 2.97. The molecule has 0 spiro atoms. The number of hydrogen-bond acceptors (Lipinski definition) is 5. The standard InChI is InChI=1S/C23H27N3O2S2/c1-4-15(3)24-19(27)13-29-23-25-21-20(17-11-10-14(2)12-18(17)30-21)22(28)26(23)16-8-6-5-7-9-16/h5-9,14-15H,4,10-13H2,1-3H3,(H,24,27)/t14-,15+/m0/s1. The lowest BCUT2D eigenvalue weighted by Crippen LogP contribution is -2.33. The van der Waals surface area contributed by atoms with Crippen LogP contribution in [0.4, 0.5) is 0 Å². The normalized spacial score (nSPS) is 17.0. The lowest BCUT2D eigenvalue weighted by atomic mass is 9.89. The van der Waals surface area contributed by atoms with Gasteiger partial charge in [-0.15, -0.1) is 11.3 Å². The second kappa shape index (κ2) is 8.94. The molecule has 0 saturated carbocycles. The molecule has 0 bridgehead atoms. The molecule has 1 aliphatic carbocycles. The first-order chi connectivity index (χ1) is 14.5. The lowest BCUT2D eigenvalue weighted by molar-refractivity contribution is -0.119. The van der Waals surface area contributed by atoms with E-state index in [0.29, 0.717) is 11.1 Å². The molecular weight excluding hydrogens is 414 g/mol. The summed E-state index contributed by atoms with van der Waals surface area (Å²) in [6, 6.07) is 9.73. The summed E-state index contributed by atoms with van der Waals surface area (Å²) in [5, 5.41) is 4.32. The van der Waals surface area contributed by atoms with Gasteiger partial charge in [-0.3, -0.25) is 14.2 Å². The number of fused-ring (bicyclic) bond motifs is 3. The number of rotatable bonds is 6. The van der Waals surface area contributed by atoms with Crippen molar-refractivity contribution in [2.45, 2.75) is 57.7 Å². The second-order valence-electron chi connectivity index (χ2n) is 8.07. The van der Waals surface area contributed by atoms with Gasteiger partial charge in [0.1, 0.15) is 4.83 Å². The van der Waals surface area contributed by atoms with Gasteiger partial charge in [-0.05, 0) is 56.2 Å². The van der Waals surface area contributed by atoms with Gasteiger partial charge in [-0.2, -0.15) is 0 Å². The van der Waals surface area contributed by atoms with Crippen molar-refractivity contribution in [3.63, 3.8) is 0 Å². The van der Waals surface area contributed by atoms with Crippen LogP contribution in [0.15, 0.2) is 40.3 Å². The zero-order valence-electron chi connectivity index (χ0n) is 17.6. The Morgan fingerprint density at radius 2 is 2.13 bits per heavy atom. The Kier molecular flexibility index (Phi) is 6.29. The van der Waals surface area contributed by atoms with Crippen LogP contribution in [0.25, 0.3) is 15.9 Å². The van der Waals surface area contributed by atoms with Crippen molar-refractivity contribution in [2.24, 2.45) is 5.92 Å². The first-order valence-electron chi connectivity index (χ1n) is 10.5. The summed E-state index contributed by atoms with van der Waals surface area (Å²) in [4.78, 5) is 33.0. The molecule has 1 aliphatic rings. The van der Waals surface area contributed by atoms with E-state index in [0.717, 1.165) is 41.6 Å². The minimum Gasteiger partial charge on any atom is -0.353 e. The van der Waals surface area contributed by atoms with Crippen molar-refractivity contribution in [2.75, 3.05) is 5.75 Å². The average molecular weight is 442 g/mol. The Balaban J connectivity index is 1.78. The molecule has 0 fully saturated rings. The highest BCUT2D eigenvalue weighted by molar-refractivity contribution is 7.99. The number of carbonyl (C=O) groups excluding carboxylic acids is 1. The molecule has 1 amide bonds. The fourth-order valence-electron chi connectivity index (χ4n) is 3.82. The minimum atomic E-state index is -0.0393. The van der Waals surface area contributed by atoms with Crippen LogP contribution < -0.4 is 10.9 Å². The van der Waals surface area contributed by atoms with E-state index in [1.54, 1.807) is 15.9 Å². The Morgan fingerprint density at radius 3 is 2.87 bits per heavy atom. The molecule has 158 valence electrons. The van der Waals surface area contributed by atoms with Gasteiger partial charge in [0, 0.05) is 10.9 Å². The fraction of sp³-hybridized carbons (Fsp3) is 0.435. The summed E-state index contributed by atoms with van der Waals surface area (Å²) < 4.78 is 1.68. The first-order valence-corrected chi connectivity index (χ1v) is 12.3. The highest BCUT2D eigenvalue weighted by Crippen LogP contribution is 2.36.